The van der Waals surface area contributed by atoms with Crippen LogP contribution >= 0.6 is 0 Å². The number of imidazole rings is 1. The highest BCUT2D eigenvalue weighted by atomic mass is 19.4. The quantitative estimate of drug-likeness (QED) is 0.316. The lowest BCUT2D eigenvalue weighted by molar-refractivity contribution is -0.139. The van der Waals surface area contributed by atoms with Gasteiger partial charge >= 0.3 is 12.1 Å². The Morgan fingerprint density at radius 1 is 1.14 bits per heavy atom. The summed E-state index contributed by atoms with van der Waals surface area (Å²) in [7, 11) is 0. The molecule has 0 aliphatic carbocycles. The SMILES string of the molecule is Cc1c(/C=C/c2cc(CNC(C)C(=O)O)ccc2C(F)(F)F)cccc1-c1ccc2nccn2c1. The molecule has 1 unspecified atom stereocenters. The molecule has 1 atom stereocenters. The number of carbonyl (C=O) groups is 1. The van der Waals surface area contributed by atoms with E-state index in [1.807, 2.05) is 54.0 Å². The van der Waals surface area contributed by atoms with Crippen LogP contribution in [0.1, 0.15) is 34.7 Å². The molecule has 2 aromatic heterocycles. The first-order chi connectivity index (χ1) is 16.6. The molecule has 0 spiro atoms. The van der Waals surface area contributed by atoms with E-state index in [0.29, 0.717) is 5.56 Å². The van der Waals surface area contributed by atoms with Gasteiger partial charge in [0, 0.05) is 25.1 Å². The van der Waals surface area contributed by atoms with Crippen LogP contribution in [0, 0.1) is 6.92 Å². The number of pyridine rings is 1. The summed E-state index contributed by atoms with van der Waals surface area (Å²) in [5.41, 5.74) is 4.33. The molecule has 0 saturated carbocycles. The lowest BCUT2D eigenvalue weighted by Gasteiger charge is -2.14. The maximum Gasteiger partial charge on any atom is 0.416 e. The van der Waals surface area contributed by atoms with Crippen molar-refractivity contribution in [3.63, 3.8) is 0 Å². The van der Waals surface area contributed by atoms with Gasteiger partial charge in [-0.2, -0.15) is 13.2 Å². The second kappa shape index (κ2) is 9.76. The smallest absolute Gasteiger partial charge is 0.416 e. The fourth-order valence-electron chi connectivity index (χ4n) is 3.88. The van der Waals surface area contributed by atoms with Gasteiger partial charge in [0.1, 0.15) is 11.7 Å². The van der Waals surface area contributed by atoms with Gasteiger partial charge in [0.15, 0.2) is 0 Å². The summed E-state index contributed by atoms with van der Waals surface area (Å²) in [4.78, 5) is 15.3. The summed E-state index contributed by atoms with van der Waals surface area (Å²) in [5.74, 6) is -1.03. The van der Waals surface area contributed by atoms with Gasteiger partial charge in [0.2, 0.25) is 0 Å². The highest BCUT2D eigenvalue weighted by Crippen LogP contribution is 2.34. The van der Waals surface area contributed by atoms with Crippen molar-refractivity contribution in [1.29, 1.82) is 0 Å². The summed E-state index contributed by atoms with van der Waals surface area (Å²) < 4.78 is 42.9. The van der Waals surface area contributed by atoms with Gasteiger partial charge in [-0.15, -0.1) is 0 Å². The van der Waals surface area contributed by atoms with E-state index in [1.165, 1.54) is 25.1 Å². The average Bonchev–Trinajstić information content (AvgIpc) is 3.29. The molecule has 0 fully saturated rings. The Bertz CT molecular complexity index is 1410. The second-order valence-electron chi connectivity index (χ2n) is 8.32. The van der Waals surface area contributed by atoms with E-state index in [2.05, 4.69) is 10.3 Å². The van der Waals surface area contributed by atoms with Crippen LogP contribution in [0.15, 0.2) is 67.1 Å². The molecule has 0 aliphatic rings. The summed E-state index contributed by atoms with van der Waals surface area (Å²) in [6, 6.07) is 12.6. The van der Waals surface area contributed by atoms with Crippen molar-refractivity contribution in [3.05, 3.63) is 94.9 Å². The summed E-state index contributed by atoms with van der Waals surface area (Å²) >= 11 is 0. The third-order valence-electron chi connectivity index (χ3n) is 5.92. The molecule has 0 bridgehead atoms. The fraction of sp³-hybridized carbons (Fsp3) is 0.185. The van der Waals surface area contributed by atoms with E-state index in [9.17, 15) is 18.0 Å². The van der Waals surface area contributed by atoms with E-state index in [1.54, 1.807) is 12.3 Å². The van der Waals surface area contributed by atoms with Crippen molar-refractivity contribution < 1.29 is 23.1 Å². The van der Waals surface area contributed by atoms with Crippen molar-refractivity contribution >= 4 is 23.8 Å². The number of aliphatic carboxylic acids is 1. The molecule has 0 amide bonds. The average molecular weight is 480 g/mol. The van der Waals surface area contributed by atoms with Crippen LogP contribution < -0.4 is 5.32 Å². The number of hydrogen-bond acceptors (Lipinski definition) is 3. The van der Waals surface area contributed by atoms with Crippen LogP contribution in [0.2, 0.25) is 0 Å². The van der Waals surface area contributed by atoms with Crippen LogP contribution in [0.25, 0.3) is 28.9 Å². The molecule has 2 N–H and O–H groups in total. The minimum Gasteiger partial charge on any atom is -0.480 e. The number of aromatic nitrogens is 2. The molecule has 0 aliphatic heterocycles. The number of hydrogen-bond donors (Lipinski definition) is 2. The number of nitrogens with zero attached hydrogens (tertiary/aromatic N) is 2. The van der Waals surface area contributed by atoms with Crippen molar-refractivity contribution in [3.8, 4) is 11.1 Å². The number of nitrogens with one attached hydrogen (secondary N) is 1. The molecule has 4 rings (SSSR count). The minimum atomic E-state index is -4.52. The monoisotopic (exact) mass is 479 g/mol. The Morgan fingerprint density at radius 2 is 1.91 bits per heavy atom. The number of halogens is 3. The van der Waals surface area contributed by atoms with Gasteiger partial charge < -0.3 is 14.8 Å². The predicted octanol–water partition coefficient (Wildman–Crippen LogP) is 6.06. The van der Waals surface area contributed by atoms with E-state index < -0.39 is 23.8 Å². The molecule has 0 radical (unpaired) electrons. The third kappa shape index (κ3) is 5.44. The highest BCUT2D eigenvalue weighted by Gasteiger charge is 2.32. The van der Waals surface area contributed by atoms with E-state index in [0.717, 1.165) is 34.0 Å². The number of benzene rings is 2. The molecular formula is C27H24F3N3O2. The molecule has 8 heteroatoms. The first-order valence-corrected chi connectivity index (χ1v) is 11.0. The van der Waals surface area contributed by atoms with E-state index in [-0.39, 0.29) is 12.1 Å². The van der Waals surface area contributed by atoms with Crippen LogP contribution in [0.4, 0.5) is 13.2 Å². The summed E-state index contributed by atoms with van der Waals surface area (Å²) in [5, 5.41) is 11.8. The molecule has 4 aromatic rings. The Balaban J connectivity index is 1.67. The maximum absolute atomic E-state index is 13.7. The van der Waals surface area contributed by atoms with E-state index in [4.69, 9.17) is 5.11 Å². The Morgan fingerprint density at radius 3 is 2.66 bits per heavy atom. The van der Waals surface area contributed by atoms with Crippen LogP contribution in [0.5, 0.6) is 0 Å². The molecule has 2 heterocycles. The topological polar surface area (TPSA) is 66.6 Å². The van der Waals surface area contributed by atoms with E-state index >= 15 is 0 Å². The molecule has 5 nitrogen and oxygen atoms in total. The molecule has 35 heavy (non-hydrogen) atoms. The van der Waals surface area contributed by atoms with Crippen molar-refractivity contribution in [1.82, 2.24) is 14.7 Å². The molecule has 2 aromatic carbocycles. The summed E-state index contributed by atoms with van der Waals surface area (Å²) in [6.07, 6.45) is 4.16. The Hall–Kier alpha value is -3.91. The van der Waals surface area contributed by atoms with Gasteiger partial charge in [-0.05, 0) is 71.5 Å². The molecule has 0 saturated heterocycles. The third-order valence-corrected chi connectivity index (χ3v) is 5.92. The van der Waals surface area contributed by atoms with Gasteiger partial charge in [-0.3, -0.25) is 4.79 Å². The van der Waals surface area contributed by atoms with Crippen LogP contribution in [-0.4, -0.2) is 26.5 Å². The maximum atomic E-state index is 13.7. The normalized spacial score (nSPS) is 12.9. The number of fused-ring (bicyclic) bond motifs is 1. The van der Waals surface area contributed by atoms with Gasteiger partial charge in [0.25, 0.3) is 0 Å². The number of rotatable bonds is 7. The lowest BCUT2D eigenvalue weighted by Crippen LogP contribution is -2.33. The summed E-state index contributed by atoms with van der Waals surface area (Å²) in [6.45, 7) is 3.55. The number of carboxylic acids is 1. The number of alkyl halides is 3. The standard InChI is InChI=1S/C27H24F3N3O2/c1-17-20(4-3-5-23(17)22-9-11-25-31-12-13-33(25)16-22)7-8-21-14-19(15-32-18(2)26(34)35)6-10-24(21)27(28,29)30/h3-14,16,18,32H,15H2,1-2H3,(H,34,35)/b8-7+. The zero-order valence-corrected chi connectivity index (χ0v) is 19.2. The van der Waals surface area contributed by atoms with Gasteiger partial charge in [-0.1, -0.05) is 36.4 Å². The number of carboxylic acid groups (broad SMARTS) is 1. The largest absolute Gasteiger partial charge is 0.480 e. The molecular weight excluding hydrogens is 455 g/mol. The minimum absolute atomic E-state index is 0.0180. The van der Waals surface area contributed by atoms with Crippen LogP contribution in [-0.2, 0) is 17.5 Å². The zero-order valence-electron chi connectivity index (χ0n) is 19.2. The fourth-order valence-corrected chi connectivity index (χ4v) is 3.88. The lowest BCUT2D eigenvalue weighted by atomic mass is 9.96. The van der Waals surface area contributed by atoms with Crippen molar-refractivity contribution in [2.24, 2.45) is 0 Å². The van der Waals surface area contributed by atoms with Crippen molar-refractivity contribution in [2.75, 3.05) is 0 Å². The Kier molecular flexibility index (Phi) is 6.75. The van der Waals surface area contributed by atoms with Gasteiger partial charge in [0.05, 0.1) is 5.56 Å². The van der Waals surface area contributed by atoms with Gasteiger partial charge in [-0.25, -0.2) is 4.98 Å². The molecule has 180 valence electrons. The second-order valence-corrected chi connectivity index (χ2v) is 8.32. The zero-order chi connectivity index (χ0) is 25.2. The van der Waals surface area contributed by atoms with Crippen LogP contribution in [0.3, 0.4) is 0 Å². The Labute approximate surface area is 200 Å². The first kappa shape index (κ1) is 24.2. The first-order valence-electron chi connectivity index (χ1n) is 11.0. The van der Waals surface area contributed by atoms with Crippen molar-refractivity contribution in [2.45, 2.75) is 32.6 Å². The highest BCUT2D eigenvalue weighted by molar-refractivity contribution is 5.78. The predicted molar refractivity (Wildman–Crippen MR) is 130 cm³/mol.